The van der Waals surface area contributed by atoms with Crippen molar-refractivity contribution in [1.29, 1.82) is 0 Å². The molecule has 4 rings (SSSR count). The Kier molecular flexibility index (Phi) is 3.04. The summed E-state index contributed by atoms with van der Waals surface area (Å²) >= 11 is 0. The third-order valence-electron chi connectivity index (χ3n) is 5.78. The third-order valence-corrected chi connectivity index (χ3v) is 5.78. The largest absolute Gasteiger partial charge is 0.469 e. The normalized spacial score (nSPS) is 27.6. The van der Waals surface area contributed by atoms with Gasteiger partial charge in [-0.3, -0.25) is 9.59 Å². The summed E-state index contributed by atoms with van der Waals surface area (Å²) in [4.78, 5) is 31.3. The minimum atomic E-state index is -0.536. The maximum atomic E-state index is 12.9. The lowest BCUT2D eigenvalue weighted by Gasteiger charge is -2.54. The summed E-state index contributed by atoms with van der Waals surface area (Å²) in [5.41, 5.74) is 0.862. The van der Waals surface area contributed by atoms with Gasteiger partial charge in [0, 0.05) is 37.2 Å². The number of aromatic nitrogens is 2. The maximum absolute atomic E-state index is 12.9. The number of ether oxygens (including phenoxy) is 1. The van der Waals surface area contributed by atoms with E-state index in [9.17, 15) is 9.59 Å². The van der Waals surface area contributed by atoms with E-state index in [1.807, 2.05) is 16.8 Å². The van der Waals surface area contributed by atoms with E-state index in [-0.39, 0.29) is 23.2 Å². The van der Waals surface area contributed by atoms with Gasteiger partial charge in [-0.05, 0) is 29.9 Å². The fourth-order valence-corrected chi connectivity index (χ4v) is 4.75. The van der Waals surface area contributed by atoms with Crippen molar-refractivity contribution in [3.8, 4) is 0 Å². The molecule has 2 aliphatic rings. The standard InChI is InChI=1S/C18H21N3O3/c1-17(2)10-18(16(23)24-3)11-21(9-13(17)18)15(22)12-4-6-20-7-5-19-14(20)8-12/h4-8,13H,9-11H2,1-3H3/t13-,18+/m1/s1. The molecule has 1 saturated heterocycles. The highest BCUT2D eigenvalue weighted by Crippen LogP contribution is 2.63. The number of hydrogen-bond donors (Lipinski definition) is 0. The van der Waals surface area contributed by atoms with E-state index < -0.39 is 5.41 Å². The summed E-state index contributed by atoms with van der Waals surface area (Å²) in [6.07, 6.45) is 6.14. The van der Waals surface area contributed by atoms with Gasteiger partial charge in [0.1, 0.15) is 5.65 Å². The number of carbonyl (C=O) groups excluding carboxylic acids is 2. The molecule has 3 heterocycles. The SMILES string of the molecule is COC(=O)[C@@]12CN(C(=O)c3ccn4ccnc4c3)C[C@@H]1C(C)(C)C2. The number of likely N-dealkylation sites (tertiary alicyclic amines) is 1. The molecule has 1 aliphatic carbocycles. The highest BCUT2D eigenvalue weighted by atomic mass is 16.5. The molecule has 1 aliphatic heterocycles. The first kappa shape index (κ1) is 15.2. The number of hydrogen-bond acceptors (Lipinski definition) is 4. The van der Waals surface area contributed by atoms with Crippen molar-refractivity contribution >= 4 is 17.5 Å². The predicted molar refractivity (Wildman–Crippen MR) is 87.4 cm³/mol. The van der Waals surface area contributed by atoms with Crippen molar-refractivity contribution in [2.45, 2.75) is 20.3 Å². The number of imidazole rings is 1. The van der Waals surface area contributed by atoms with Crippen molar-refractivity contribution < 1.29 is 14.3 Å². The first-order valence-electron chi connectivity index (χ1n) is 8.18. The van der Waals surface area contributed by atoms with Crippen LogP contribution in [0, 0.1) is 16.7 Å². The molecule has 2 fully saturated rings. The molecule has 0 unspecified atom stereocenters. The van der Waals surface area contributed by atoms with Crippen LogP contribution in [0.25, 0.3) is 5.65 Å². The summed E-state index contributed by atoms with van der Waals surface area (Å²) in [5, 5.41) is 0. The Labute approximate surface area is 140 Å². The fourth-order valence-electron chi connectivity index (χ4n) is 4.75. The smallest absolute Gasteiger partial charge is 0.314 e. The lowest BCUT2D eigenvalue weighted by atomic mass is 9.48. The monoisotopic (exact) mass is 327 g/mol. The molecule has 1 amide bonds. The summed E-state index contributed by atoms with van der Waals surface area (Å²) in [6, 6.07) is 3.59. The van der Waals surface area contributed by atoms with Gasteiger partial charge in [0.05, 0.1) is 12.5 Å². The van der Waals surface area contributed by atoms with Crippen LogP contribution in [0.15, 0.2) is 30.7 Å². The quantitative estimate of drug-likeness (QED) is 0.792. The molecule has 1 saturated carbocycles. The Hall–Kier alpha value is -2.37. The molecule has 24 heavy (non-hydrogen) atoms. The van der Waals surface area contributed by atoms with E-state index in [0.29, 0.717) is 18.7 Å². The van der Waals surface area contributed by atoms with E-state index in [4.69, 9.17) is 4.74 Å². The number of fused-ring (bicyclic) bond motifs is 2. The first-order chi connectivity index (χ1) is 11.4. The molecule has 0 radical (unpaired) electrons. The minimum absolute atomic E-state index is 0.0472. The first-order valence-corrected chi connectivity index (χ1v) is 8.18. The lowest BCUT2D eigenvalue weighted by Crippen LogP contribution is -2.57. The molecule has 0 aromatic carbocycles. The Morgan fingerprint density at radius 1 is 1.33 bits per heavy atom. The molecule has 6 heteroatoms. The zero-order valence-corrected chi connectivity index (χ0v) is 14.2. The summed E-state index contributed by atoms with van der Waals surface area (Å²) in [6.45, 7) is 5.35. The number of esters is 1. The average molecular weight is 327 g/mol. The van der Waals surface area contributed by atoms with Gasteiger partial charge in [-0.2, -0.15) is 0 Å². The van der Waals surface area contributed by atoms with Crippen molar-refractivity contribution in [2.75, 3.05) is 20.2 Å². The second-order valence-electron chi connectivity index (χ2n) is 7.66. The third kappa shape index (κ3) is 1.92. The van der Waals surface area contributed by atoms with Gasteiger partial charge in [-0.15, -0.1) is 0 Å². The Morgan fingerprint density at radius 3 is 2.83 bits per heavy atom. The van der Waals surface area contributed by atoms with Crippen molar-refractivity contribution in [3.63, 3.8) is 0 Å². The second-order valence-corrected chi connectivity index (χ2v) is 7.66. The van der Waals surface area contributed by atoms with Gasteiger partial charge in [0.25, 0.3) is 5.91 Å². The minimum Gasteiger partial charge on any atom is -0.469 e. The average Bonchev–Trinajstić information content (AvgIpc) is 3.15. The summed E-state index contributed by atoms with van der Waals surface area (Å²) in [7, 11) is 1.43. The molecule has 0 spiro atoms. The van der Waals surface area contributed by atoms with Crippen LogP contribution in [0.3, 0.4) is 0 Å². The van der Waals surface area contributed by atoms with Gasteiger partial charge >= 0.3 is 5.97 Å². The fraction of sp³-hybridized carbons (Fsp3) is 0.500. The number of nitrogens with zero attached hydrogens (tertiary/aromatic N) is 3. The summed E-state index contributed by atoms with van der Waals surface area (Å²) in [5.74, 6) is -0.0867. The number of carbonyl (C=O) groups is 2. The highest BCUT2D eigenvalue weighted by Gasteiger charge is 2.68. The Morgan fingerprint density at radius 2 is 2.12 bits per heavy atom. The molecule has 2 aromatic rings. The zero-order valence-electron chi connectivity index (χ0n) is 14.2. The van der Waals surface area contributed by atoms with Crippen LogP contribution < -0.4 is 0 Å². The molecule has 126 valence electrons. The van der Waals surface area contributed by atoms with Gasteiger partial charge in [-0.25, -0.2) is 4.98 Å². The second kappa shape index (κ2) is 4.82. The van der Waals surface area contributed by atoms with Crippen molar-refractivity contribution in [2.24, 2.45) is 16.7 Å². The van der Waals surface area contributed by atoms with Crippen LogP contribution in [0.5, 0.6) is 0 Å². The van der Waals surface area contributed by atoms with Crippen LogP contribution in [-0.4, -0.2) is 46.4 Å². The molecular formula is C18H21N3O3. The van der Waals surface area contributed by atoms with Crippen molar-refractivity contribution in [3.05, 3.63) is 36.3 Å². The topological polar surface area (TPSA) is 63.9 Å². The molecule has 0 bridgehead atoms. The predicted octanol–water partition coefficient (Wildman–Crippen LogP) is 2.00. The lowest BCUT2D eigenvalue weighted by molar-refractivity contribution is -0.174. The van der Waals surface area contributed by atoms with E-state index in [2.05, 4.69) is 18.8 Å². The number of methoxy groups -OCH3 is 1. The molecule has 2 atom stereocenters. The number of pyridine rings is 1. The Bertz CT molecular complexity index is 841. The molecular weight excluding hydrogens is 306 g/mol. The number of rotatable bonds is 2. The van der Waals surface area contributed by atoms with E-state index in [1.54, 1.807) is 23.2 Å². The van der Waals surface area contributed by atoms with E-state index in [0.717, 1.165) is 12.1 Å². The molecule has 6 nitrogen and oxygen atoms in total. The molecule has 0 N–H and O–H groups in total. The zero-order chi connectivity index (χ0) is 17.1. The van der Waals surface area contributed by atoms with Crippen molar-refractivity contribution in [1.82, 2.24) is 14.3 Å². The molecule has 2 aromatic heterocycles. The number of amides is 1. The van der Waals surface area contributed by atoms with Gasteiger partial charge in [0.2, 0.25) is 0 Å². The summed E-state index contributed by atoms with van der Waals surface area (Å²) < 4.78 is 6.91. The van der Waals surface area contributed by atoms with E-state index >= 15 is 0 Å². The van der Waals surface area contributed by atoms with Crippen LogP contribution in [0.2, 0.25) is 0 Å². The van der Waals surface area contributed by atoms with Gasteiger partial charge < -0.3 is 14.0 Å². The van der Waals surface area contributed by atoms with Crippen LogP contribution >= 0.6 is 0 Å². The van der Waals surface area contributed by atoms with Crippen LogP contribution in [-0.2, 0) is 9.53 Å². The van der Waals surface area contributed by atoms with Crippen LogP contribution in [0.1, 0.15) is 30.6 Å². The highest BCUT2D eigenvalue weighted by molar-refractivity contribution is 5.96. The van der Waals surface area contributed by atoms with Gasteiger partial charge in [0.15, 0.2) is 0 Å². The Balaban J connectivity index is 1.63. The van der Waals surface area contributed by atoms with Crippen LogP contribution in [0.4, 0.5) is 0 Å². The van der Waals surface area contributed by atoms with E-state index in [1.165, 1.54) is 7.11 Å². The van der Waals surface area contributed by atoms with Gasteiger partial charge in [-0.1, -0.05) is 13.8 Å². The maximum Gasteiger partial charge on any atom is 0.314 e.